The van der Waals surface area contributed by atoms with E-state index in [0.29, 0.717) is 18.1 Å². The van der Waals surface area contributed by atoms with Gasteiger partial charge in [0.25, 0.3) is 0 Å². The van der Waals surface area contributed by atoms with Gasteiger partial charge in [-0.2, -0.15) is 11.8 Å². The Labute approximate surface area is 203 Å². The second kappa shape index (κ2) is 9.70. The van der Waals surface area contributed by atoms with Gasteiger partial charge in [-0.1, -0.05) is 69.3 Å². The molecule has 2 aliphatic rings. The summed E-state index contributed by atoms with van der Waals surface area (Å²) in [4.78, 5) is 39.3. The zero-order valence-corrected chi connectivity index (χ0v) is 20.4. The smallest absolute Gasteiger partial charge is 0.407 e. The third kappa shape index (κ3) is 4.78. The molecule has 1 aliphatic heterocycles. The van der Waals surface area contributed by atoms with Crippen molar-refractivity contribution in [2.24, 2.45) is 5.41 Å². The molecular weight excluding hydrogens is 452 g/mol. The summed E-state index contributed by atoms with van der Waals surface area (Å²) >= 11 is 1.51. The van der Waals surface area contributed by atoms with E-state index in [0.717, 1.165) is 22.3 Å². The van der Waals surface area contributed by atoms with E-state index in [4.69, 9.17) is 4.74 Å². The highest BCUT2D eigenvalue weighted by atomic mass is 32.2. The Kier molecular flexibility index (Phi) is 6.89. The molecule has 0 saturated carbocycles. The highest BCUT2D eigenvalue weighted by Crippen LogP contribution is 2.44. The van der Waals surface area contributed by atoms with Crippen molar-refractivity contribution in [3.05, 3.63) is 59.7 Å². The minimum absolute atomic E-state index is 0.0857. The fourth-order valence-corrected chi connectivity index (χ4v) is 5.68. The summed E-state index contributed by atoms with van der Waals surface area (Å²) in [5.74, 6) is -0.513. The van der Waals surface area contributed by atoms with E-state index in [9.17, 15) is 19.5 Å². The van der Waals surface area contributed by atoms with Crippen molar-refractivity contribution in [1.29, 1.82) is 0 Å². The van der Waals surface area contributed by atoms with Crippen LogP contribution in [0.2, 0.25) is 0 Å². The number of carboxylic acids is 1. The number of hydrogen-bond acceptors (Lipinski definition) is 5. The fourth-order valence-electron chi connectivity index (χ4n) is 4.64. The van der Waals surface area contributed by atoms with E-state index in [1.807, 2.05) is 57.2 Å². The second-order valence-corrected chi connectivity index (χ2v) is 10.9. The van der Waals surface area contributed by atoms with E-state index in [-0.39, 0.29) is 12.5 Å². The highest BCUT2D eigenvalue weighted by Gasteiger charge is 2.41. The van der Waals surface area contributed by atoms with Gasteiger partial charge in [-0.25, -0.2) is 9.59 Å². The third-order valence-corrected chi connectivity index (χ3v) is 7.44. The van der Waals surface area contributed by atoms with Gasteiger partial charge in [-0.05, 0) is 27.7 Å². The summed E-state index contributed by atoms with van der Waals surface area (Å²) < 4.78 is 5.64. The van der Waals surface area contributed by atoms with Gasteiger partial charge in [0.15, 0.2) is 0 Å². The standard InChI is InChI=1S/C26H30N2O5S/c1-26(2,3)22(23(29)28-12-13-34-15-21(28)24(30)31)27-25(32)33-14-20-18-10-6-4-8-16(18)17-9-5-7-11-19(17)20/h4-11,20-22H,12-15H2,1-3H3,(H,27,32)(H,30,31). The summed E-state index contributed by atoms with van der Waals surface area (Å²) in [6.07, 6.45) is -0.687. The summed E-state index contributed by atoms with van der Waals surface area (Å²) in [5, 5.41) is 12.3. The lowest BCUT2D eigenvalue weighted by Crippen LogP contribution is -2.60. The van der Waals surface area contributed by atoms with Crippen molar-refractivity contribution < 1.29 is 24.2 Å². The number of carbonyl (C=O) groups is 3. The first kappa shape index (κ1) is 24.1. The van der Waals surface area contributed by atoms with Crippen LogP contribution in [-0.2, 0) is 14.3 Å². The predicted molar refractivity (Wildman–Crippen MR) is 132 cm³/mol. The number of thioether (sulfide) groups is 1. The summed E-state index contributed by atoms with van der Waals surface area (Å²) in [7, 11) is 0. The molecule has 180 valence electrons. The number of carboxylic acid groups (broad SMARTS) is 1. The van der Waals surface area contributed by atoms with Gasteiger partial charge >= 0.3 is 12.1 Å². The van der Waals surface area contributed by atoms with Crippen LogP contribution in [0.3, 0.4) is 0 Å². The second-order valence-electron chi connectivity index (χ2n) is 9.73. The molecular formula is C26H30N2O5S. The van der Waals surface area contributed by atoms with Crippen LogP contribution in [0.5, 0.6) is 0 Å². The van der Waals surface area contributed by atoms with Gasteiger partial charge in [0.1, 0.15) is 18.7 Å². The SMILES string of the molecule is CC(C)(C)C(NC(=O)OCC1c2ccccc2-c2ccccc21)C(=O)N1CCSCC1C(=O)O. The molecule has 2 amide bonds. The first-order valence-electron chi connectivity index (χ1n) is 11.4. The number of nitrogens with zero attached hydrogens (tertiary/aromatic N) is 1. The summed E-state index contributed by atoms with van der Waals surface area (Å²) in [6, 6.07) is 14.4. The number of nitrogens with one attached hydrogen (secondary N) is 1. The van der Waals surface area contributed by atoms with Gasteiger partial charge in [0, 0.05) is 24.0 Å². The van der Waals surface area contributed by atoms with E-state index < -0.39 is 35.5 Å². The quantitative estimate of drug-likeness (QED) is 0.670. The van der Waals surface area contributed by atoms with Crippen molar-refractivity contribution in [2.75, 3.05) is 24.7 Å². The number of alkyl carbamates (subject to hydrolysis) is 1. The van der Waals surface area contributed by atoms with Crippen LogP contribution in [0, 0.1) is 5.41 Å². The molecule has 1 fully saturated rings. The fraction of sp³-hybridized carbons (Fsp3) is 0.423. The van der Waals surface area contributed by atoms with Crippen LogP contribution in [0.15, 0.2) is 48.5 Å². The average molecular weight is 483 g/mol. The molecule has 34 heavy (non-hydrogen) atoms. The molecule has 1 saturated heterocycles. The minimum atomic E-state index is -1.03. The first-order chi connectivity index (χ1) is 16.2. The van der Waals surface area contributed by atoms with E-state index in [1.165, 1.54) is 16.7 Å². The Balaban J connectivity index is 1.47. The van der Waals surface area contributed by atoms with Crippen molar-refractivity contribution in [1.82, 2.24) is 10.2 Å². The Morgan fingerprint density at radius 3 is 2.24 bits per heavy atom. The Hall–Kier alpha value is -3.00. The Bertz CT molecular complexity index is 1050. The van der Waals surface area contributed by atoms with Crippen LogP contribution in [0.25, 0.3) is 11.1 Å². The molecule has 8 heteroatoms. The number of benzene rings is 2. The van der Waals surface area contributed by atoms with Crippen LogP contribution >= 0.6 is 11.8 Å². The van der Waals surface area contributed by atoms with Crippen molar-refractivity contribution >= 4 is 29.7 Å². The van der Waals surface area contributed by atoms with Crippen molar-refractivity contribution in [2.45, 2.75) is 38.8 Å². The minimum Gasteiger partial charge on any atom is -0.480 e. The summed E-state index contributed by atoms with van der Waals surface area (Å²) in [6.45, 7) is 6.00. The number of ether oxygens (including phenoxy) is 1. The van der Waals surface area contributed by atoms with E-state index in [1.54, 1.807) is 0 Å². The van der Waals surface area contributed by atoms with Gasteiger partial charge in [0.05, 0.1) is 0 Å². The molecule has 0 bridgehead atoms. The number of fused-ring (bicyclic) bond motifs is 3. The highest BCUT2D eigenvalue weighted by molar-refractivity contribution is 7.99. The van der Waals surface area contributed by atoms with Crippen LogP contribution in [-0.4, -0.2) is 64.7 Å². The van der Waals surface area contributed by atoms with Gasteiger partial charge in [-0.3, -0.25) is 4.79 Å². The molecule has 2 unspecified atom stereocenters. The van der Waals surface area contributed by atoms with Crippen molar-refractivity contribution in [3.8, 4) is 11.1 Å². The van der Waals surface area contributed by atoms with E-state index in [2.05, 4.69) is 17.4 Å². The lowest BCUT2D eigenvalue weighted by molar-refractivity contribution is -0.151. The van der Waals surface area contributed by atoms with Crippen LogP contribution in [0.1, 0.15) is 37.8 Å². The molecule has 2 aromatic rings. The normalized spacial score (nSPS) is 18.6. The lowest BCUT2D eigenvalue weighted by atomic mass is 9.85. The lowest BCUT2D eigenvalue weighted by Gasteiger charge is -2.39. The third-order valence-electron chi connectivity index (χ3n) is 6.42. The van der Waals surface area contributed by atoms with Crippen LogP contribution < -0.4 is 5.32 Å². The molecule has 1 heterocycles. The number of rotatable bonds is 5. The number of aliphatic carboxylic acids is 1. The van der Waals surface area contributed by atoms with Gasteiger partial charge in [0.2, 0.25) is 5.91 Å². The maximum atomic E-state index is 13.4. The average Bonchev–Trinajstić information content (AvgIpc) is 3.14. The topological polar surface area (TPSA) is 95.9 Å². The molecule has 2 N–H and O–H groups in total. The molecule has 0 radical (unpaired) electrons. The largest absolute Gasteiger partial charge is 0.480 e. The number of amides is 2. The Morgan fingerprint density at radius 2 is 1.68 bits per heavy atom. The van der Waals surface area contributed by atoms with E-state index >= 15 is 0 Å². The molecule has 1 aliphatic carbocycles. The summed E-state index contributed by atoms with van der Waals surface area (Å²) in [5.41, 5.74) is 3.86. The molecule has 0 spiro atoms. The zero-order valence-electron chi connectivity index (χ0n) is 19.6. The molecule has 7 nitrogen and oxygen atoms in total. The van der Waals surface area contributed by atoms with Gasteiger partial charge < -0.3 is 20.1 Å². The number of hydrogen-bond donors (Lipinski definition) is 2. The molecule has 2 aromatic carbocycles. The maximum absolute atomic E-state index is 13.4. The monoisotopic (exact) mass is 482 g/mol. The number of carbonyl (C=O) groups excluding carboxylic acids is 2. The first-order valence-corrected chi connectivity index (χ1v) is 12.6. The molecule has 2 atom stereocenters. The maximum Gasteiger partial charge on any atom is 0.407 e. The van der Waals surface area contributed by atoms with Gasteiger partial charge in [-0.15, -0.1) is 0 Å². The zero-order chi connectivity index (χ0) is 24.5. The van der Waals surface area contributed by atoms with Crippen LogP contribution in [0.4, 0.5) is 4.79 Å². The Morgan fingerprint density at radius 1 is 1.09 bits per heavy atom. The molecule has 4 rings (SSSR count). The van der Waals surface area contributed by atoms with Crippen molar-refractivity contribution in [3.63, 3.8) is 0 Å². The predicted octanol–water partition coefficient (Wildman–Crippen LogP) is 3.97. The molecule has 0 aromatic heterocycles.